The van der Waals surface area contributed by atoms with Gasteiger partial charge in [0.25, 0.3) is 0 Å². The number of nitrogens with zero attached hydrogens (tertiary/aromatic N) is 2. The lowest BCUT2D eigenvalue weighted by molar-refractivity contribution is -0.121. The van der Waals surface area contributed by atoms with Crippen LogP contribution in [0.3, 0.4) is 0 Å². The molecule has 2 rings (SSSR count). The second-order valence-corrected chi connectivity index (χ2v) is 4.70. The molecule has 1 fully saturated rings. The molecular formula is C11H16ClN5O. The van der Waals surface area contributed by atoms with Gasteiger partial charge in [-0.25, -0.2) is 4.98 Å². The van der Waals surface area contributed by atoms with Gasteiger partial charge in [-0.15, -0.1) is 0 Å². The Morgan fingerprint density at radius 3 is 3.06 bits per heavy atom. The van der Waals surface area contributed by atoms with Gasteiger partial charge >= 0.3 is 0 Å². The second-order valence-electron chi connectivity index (χ2n) is 4.30. The van der Waals surface area contributed by atoms with Crippen molar-refractivity contribution in [3.05, 3.63) is 11.2 Å². The highest BCUT2D eigenvalue weighted by molar-refractivity contribution is 6.32. The van der Waals surface area contributed by atoms with Crippen LogP contribution < -0.4 is 16.4 Å². The monoisotopic (exact) mass is 269 g/mol. The maximum atomic E-state index is 11.4. The standard InChI is InChI=1S/C11H16ClN5O/c12-8-6-15-11(13)17-10(8)14-5-1-2-9(18)16-7-3-4-7/h6-7H,1-5H2,(H,16,18)(H3,13,14,15,17). The fourth-order valence-electron chi connectivity index (χ4n) is 1.49. The fraction of sp³-hybridized carbons (Fsp3) is 0.545. The molecule has 0 aliphatic heterocycles. The number of nitrogens with one attached hydrogen (secondary N) is 2. The Balaban J connectivity index is 1.67. The molecule has 0 atom stereocenters. The summed E-state index contributed by atoms with van der Waals surface area (Å²) >= 11 is 5.89. The molecule has 0 unspecified atom stereocenters. The van der Waals surface area contributed by atoms with Crippen LogP contribution in [0.1, 0.15) is 25.7 Å². The molecule has 4 N–H and O–H groups in total. The van der Waals surface area contributed by atoms with Crippen molar-refractivity contribution >= 4 is 29.3 Å². The number of nitrogen functional groups attached to an aromatic ring is 1. The summed E-state index contributed by atoms with van der Waals surface area (Å²) in [5, 5.41) is 6.39. The van der Waals surface area contributed by atoms with E-state index in [1.807, 2.05) is 0 Å². The molecule has 0 saturated heterocycles. The maximum absolute atomic E-state index is 11.4. The molecule has 0 aromatic carbocycles. The van der Waals surface area contributed by atoms with Crippen LogP contribution >= 0.6 is 11.6 Å². The quantitative estimate of drug-likeness (QED) is 0.675. The van der Waals surface area contributed by atoms with E-state index in [-0.39, 0.29) is 11.9 Å². The Hall–Kier alpha value is -1.56. The Morgan fingerprint density at radius 1 is 1.56 bits per heavy atom. The van der Waals surface area contributed by atoms with Crippen molar-refractivity contribution in [2.75, 3.05) is 17.6 Å². The Bertz CT molecular complexity index is 435. The average Bonchev–Trinajstić information content (AvgIpc) is 3.13. The third-order valence-electron chi connectivity index (χ3n) is 2.58. The molecule has 0 radical (unpaired) electrons. The van der Waals surface area contributed by atoms with E-state index in [2.05, 4.69) is 20.6 Å². The first-order chi connectivity index (χ1) is 8.65. The van der Waals surface area contributed by atoms with Crippen LogP contribution in [0.5, 0.6) is 0 Å². The summed E-state index contributed by atoms with van der Waals surface area (Å²) in [7, 11) is 0. The molecule has 1 saturated carbocycles. The molecular weight excluding hydrogens is 254 g/mol. The van der Waals surface area contributed by atoms with Gasteiger partial charge in [-0.05, 0) is 19.3 Å². The molecule has 7 heteroatoms. The van der Waals surface area contributed by atoms with Crippen molar-refractivity contribution in [1.82, 2.24) is 15.3 Å². The average molecular weight is 270 g/mol. The number of nitrogens with two attached hydrogens (primary N) is 1. The Labute approximate surface area is 110 Å². The minimum absolute atomic E-state index is 0.104. The molecule has 98 valence electrons. The zero-order chi connectivity index (χ0) is 13.0. The van der Waals surface area contributed by atoms with E-state index in [0.29, 0.717) is 29.8 Å². The van der Waals surface area contributed by atoms with E-state index in [4.69, 9.17) is 17.3 Å². The predicted octanol–water partition coefficient (Wildman–Crippen LogP) is 1.18. The van der Waals surface area contributed by atoms with Crippen LogP contribution in [-0.2, 0) is 4.79 Å². The van der Waals surface area contributed by atoms with Crippen molar-refractivity contribution < 1.29 is 4.79 Å². The third-order valence-corrected chi connectivity index (χ3v) is 2.85. The SMILES string of the molecule is Nc1ncc(Cl)c(NCCCC(=O)NC2CC2)n1. The summed E-state index contributed by atoms with van der Waals surface area (Å²) in [4.78, 5) is 19.2. The van der Waals surface area contributed by atoms with Crippen LogP contribution in [-0.4, -0.2) is 28.5 Å². The minimum atomic E-state index is 0.104. The predicted molar refractivity (Wildman–Crippen MR) is 70.3 cm³/mol. The van der Waals surface area contributed by atoms with Crippen molar-refractivity contribution in [1.29, 1.82) is 0 Å². The lowest BCUT2D eigenvalue weighted by Crippen LogP contribution is -2.25. The minimum Gasteiger partial charge on any atom is -0.369 e. The molecule has 6 nitrogen and oxygen atoms in total. The molecule has 1 aromatic rings. The second kappa shape index (κ2) is 5.86. The maximum Gasteiger partial charge on any atom is 0.222 e. The highest BCUT2D eigenvalue weighted by atomic mass is 35.5. The number of hydrogen-bond acceptors (Lipinski definition) is 5. The number of halogens is 1. The van der Waals surface area contributed by atoms with Crippen LogP contribution in [0.25, 0.3) is 0 Å². The van der Waals surface area contributed by atoms with E-state index >= 15 is 0 Å². The highest BCUT2D eigenvalue weighted by Gasteiger charge is 2.22. The molecule has 1 aliphatic rings. The topological polar surface area (TPSA) is 92.9 Å². The lowest BCUT2D eigenvalue weighted by atomic mass is 10.3. The number of carbonyl (C=O) groups is 1. The zero-order valence-corrected chi connectivity index (χ0v) is 10.7. The van der Waals surface area contributed by atoms with Crippen molar-refractivity contribution in [2.45, 2.75) is 31.7 Å². The smallest absolute Gasteiger partial charge is 0.222 e. The Kier molecular flexibility index (Phi) is 4.19. The third kappa shape index (κ3) is 4.03. The van der Waals surface area contributed by atoms with Gasteiger partial charge in [-0.1, -0.05) is 11.6 Å². The van der Waals surface area contributed by atoms with E-state index in [0.717, 1.165) is 19.3 Å². The van der Waals surface area contributed by atoms with Crippen molar-refractivity contribution in [3.8, 4) is 0 Å². The van der Waals surface area contributed by atoms with E-state index in [9.17, 15) is 4.79 Å². The van der Waals surface area contributed by atoms with Crippen molar-refractivity contribution in [3.63, 3.8) is 0 Å². The van der Waals surface area contributed by atoms with Crippen LogP contribution in [0.2, 0.25) is 5.02 Å². The summed E-state index contributed by atoms with van der Waals surface area (Å²) in [6.45, 7) is 0.619. The number of carbonyl (C=O) groups excluding carboxylic acids is 1. The first kappa shape index (κ1) is 12.9. The number of hydrogen-bond donors (Lipinski definition) is 3. The molecule has 0 bridgehead atoms. The normalized spacial score (nSPS) is 14.3. The molecule has 18 heavy (non-hydrogen) atoms. The van der Waals surface area contributed by atoms with Crippen molar-refractivity contribution in [2.24, 2.45) is 0 Å². The van der Waals surface area contributed by atoms with Gasteiger partial charge in [0.2, 0.25) is 11.9 Å². The molecule has 1 aliphatic carbocycles. The highest BCUT2D eigenvalue weighted by Crippen LogP contribution is 2.19. The summed E-state index contributed by atoms with van der Waals surface area (Å²) in [6.07, 6.45) is 4.89. The van der Waals surface area contributed by atoms with Gasteiger partial charge in [-0.2, -0.15) is 4.98 Å². The van der Waals surface area contributed by atoms with E-state index in [1.54, 1.807) is 0 Å². The van der Waals surface area contributed by atoms with Gasteiger partial charge in [0.05, 0.1) is 6.20 Å². The van der Waals surface area contributed by atoms with Crippen LogP contribution in [0.15, 0.2) is 6.20 Å². The van der Waals surface area contributed by atoms with Crippen LogP contribution in [0, 0.1) is 0 Å². The number of amides is 1. The van der Waals surface area contributed by atoms with Gasteiger partial charge in [0.1, 0.15) is 10.8 Å². The van der Waals surface area contributed by atoms with Crippen LogP contribution in [0.4, 0.5) is 11.8 Å². The lowest BCUT2D eigenvalue weighted by Gasteiger charge is -2.07. The van der Waals surface area contributed by atoms with E-state index in [1.165, 1.54) is 6.20 Å². The fourth-order valence-corrected chi connectivity index (χ4v) is 1.65. The molecule has 1 aromatic heterocycles. The summed E-state index contributed by atoms with van der Waals surface area (Å²) < 4.78 is 0. The molecule has 1 amide bonds. The first-order valence-corrected chi connectivity index (χ1v) is 6.34. The zero-order valence-electron chi connectivity index (χ0n) is 9.95. The Morgan fingerprint density at radius 2 is 2.33 bits per heavy atom. The first-order valence-electron chi connectivity index (χ1n) is 5.96. The van der Waals surface area contributed by atoms with Gasteiger partial charge in [0, 0.05) is 19.0 Å². The number of anilines is 2. The van der Waals surface area contributed by atoms with Gasteiger partial charge in [0.15, 0.2) is 0 Å². The number of rotatable bonds is 6. The summed E-state index contributed by atoms with van der Waals surface area (Å²) in [6, 6.07) is 0.418. The van der Waals surface area contributed by atoms with Gasteiger partial charge in [-0.3, -0.25) is 4.79 Å². The summed E-state index contributed by atoms with van der Waals surface area (Å²) in [5.74, 6) is 0.785. The number of aromatic nitrogens is 2. The molecule has 1 heterocycles. The van der Waals surface area contributed by atoms with E-state index < -0.39 is 0 Å². The summed E-state index contributed by atoms with van der Waals surface area (Å²) in [5.41, 5.74) is 5.46. The molecule has 0 spiro atoms. The van der Waals surface area contributed by atoms with Gasteiger partial charge < -0.3 is 16.4 Å². The largest absolute Gasteiger partial charge is 0.369 e.